The Morgan fingerprint density at radius 1 is 1.50 bits per heavy atom. The zero-order valence-corrected chi connectivity index (χ0v) is 3.02. The van der Waals surface area contributed by atoms with Crippen molar-refractivity contribution in [2.45, 2.75) is 0 Å². The van der Waals surface area contributed by atoms with Crippen molar-refractivity contribution >= 4 is 38.2 Å². The summed E-state index contributed by atoms with van der Waals surface area (Å²) in [5.74, 6) is 0. The van der Waals surface area contributed by atoms with Gasteiger partial charge in [-0.1, -0.05) is 0 Å². The van der Waals surface area contributed by atoms with E-state index in [2.05, 4.69) is 4.73 Å². The third-order valence-corrected chi connectivity index (χ3v) is 0.185. The van der Waals surface area contributed by atoms with Crippen LogP contribution in [0.25, 0.3) is 0 Å². The molecule has 0 atom stereocenters. The molecule has 0 rings (SSSR count). The summed E-state index contributed by atoms with van der Waals surface area (Å²) in [7, 11) is -2.76. The van der Waals surface area contributed by atoms with Crippen LogP contribution in [0.5, 0.6) is 0 Å². The van der Waals surface area contributed by atoms with Gasteiger partial charge in [0.25, 0.3) is 0 Å². The Kier molecular flexibility index (Phi) is 10.7. The quantitative estimate of drug-likeness (QED) is 0.364. The van der Waals surface area contributed by atoms with E-state index in [0.29, 0.717) is 0 Å². The van der Waals surface area contributed by atoms with Crippen LogP contribution >= 0.6 is 8.60 Å². The molecule has 0 aromatic rings. The molecule has 0 spiro atoms. The molecule has 0 unspecified atom stereocenters. The first-order chi connectivity index (χ1) is 2.27. The van der Waals surface area contributed by atoms with Crippen molar-refractivity contribution in [2.75, 3.05) is 0 Å². The first-order valence-corrected chi connectivity index (χ1v) is 1.90. The number of hydrogen-bond acceptors (Lipinski definition) is 3. The van der Waals surface area contributed by atoms with E-state index in [1.165, 1.54) is 0 Å². The van der Waals surface area contributed by atoms with E-state index in [-0.39, 0.29) is 29.6 Å². The monoisotopic (exact) mass is 124 g/mol. The SMILES string of the molecule is OP(O)OF.[NaH]. The fourth-order valence-electron chi connectivity index (χ4n) is 0. The van der Waals surface area contributed by atoms with Crippen LogP contribution < -0.4 is 0 Å². The number of halogens is 1. The Bertz CT molecular complexity index is 24.8. The van der Waals surface area contributed by atoms with Crippen LogP contribution in [0, 0.1) is 0 Å². The van der Waals surface area contributed by atoms with E-state index in [9.17, 15) is 4.53 Å². The van der Waals surface area contributed by atoms with Crippen LogP contribution in [0.4, 0.5) is 4.53 Å². The van der Waals surface area contributed by atoms with Crippen molar-refractivity contribution in [2.24, 2.45) is 0 Å². The molecule has 0 heterocycles. The first kappa shape index (κ1) is 10.3. The van der Waals surface area contributed by atoms with Crippen molar-refractivity contribution in [3.05, 3.63) is 0 Å². The fraction of sp³-hybridized carbons (Fsp3) is 0. The summed E-state index contributed by atoms with van der Waals surface area (Å²) in [5.41, 5.74) is 0. The van der Waals surface area contributed by atoms with Gasteiger partial charge in [-0.25, -0.2) is 0 Å². The number of hydrogen-bond donors (Lipinski definition) is 2. The first-order valence-electron chi connectivity index (χ1n) is 0.737. The van der Waals surface area contributed by atoms with Crippen molar-refractivity contribution in [1.82, 2.24) is 0 Å². The van der Waals surface area contributed by atoms with Crippen molar-refractivity contribution in [3.8, 4) is 0 Å². The van der Waals surface area contributed by atoms with E-state index in [1.54, 1.807) is 0 Å². The molecule has 0 saturated carbocycles. The molecule has 0 radical (unpaired) electrons. The molecule has 3 nitrogen and oxygen atoms in total. The molecule has 2 N–H and O–H groups in total. The topological polar surface area (TPSA) is 49.7 Å². The van der Waals surface area contributed by atoms with Crippen LogP contribution in [0.1, 0.15) is 0 Å². The zero-order chi connectivity index (χ0) is 4.28. The van der Waals surface area contributed by atoms with Gasteiger partial charge in [0.15, 0.2) is 0 Å². The van der Waals surface area contributed by atoms with Crippen molar-refractivity contribution in [3.63, 3.8) is 0 Å². The maximum atomic E-state index is 10.1. The molecular weight excluding hydrogens is 121 g/mol. The molecule has 0 amide bonds. The van der Waals surface area contributed by atoms with Gasteiger partial charge < -0.3 is 9.79 Å². The van der Waals surface area contributed by atoms with Gasteiger partial charge in [0.1, 0.15) is 0 Å². The maximum absolute atomic E-state index is 10.1. The van der Waals surface area contributed by atoms with Gasteiger partial charge in [0, 0.05) is 0 Å². The third-order valence-electron chi connectivity index (χ3n) is 0.0617. The fourth-order valence-corrected chi connectivity index (χ4v) is 0. The van der Waals surface area contributed by atoms with Gasteiger partial charge in [-0.05, 0) is 4.53 Å². The molecule has 6 heavy (non-hydrogen) atoms. The molecule has 0 aliphatic carbocycles. The van der Waals surface area contributed by atoms with Crippen LogP contribution in [0.15, 0.2) is 0 Å². The third kappa shape index (κ3) is 8.97. The molecule has 0 aromatic heterocycles. The average Bonchev–Trinajstić information content (AvgIpc) is 1.38. The summed E-state index contributed by atoms with van der Waals surface area (Å²) in [6, 6.07) is 0. The van der Waals surface area contributed by atoms with Gasteiger partial charge >= 0.3 is 38.2 Å². The molecule has 0 fully saturated rings. The Hall–Kier alpha value is 1.24. The molecule has 0 aromatic carbocycles. The van der Waals surface area contributed by atoms with E-state index < -0.39 is 8.60 Å². The predicted molar refractivity (Wildman–Crippen MR) is 20.7 cm³/mol. The van der Waals surface area contributed by atoms with Crippen molar-refractivity contribution < 1.29 is 19.0 Å². The summed E-state index contributed by atoms with van der Waals surface area (Å²) >= 11 is 0. The zero-order valence-electron chi connectivity index (χ0n) is 2.13. The minimum absolute atomic E-state index is 0. The predicted octanol–water partition coefficient (Wildman–Crippen LogP) is -0.550. The van der Waals surface area contributed by atoms with Crippen molar-refractivity contribution in [1.29, 1.82) is 0 Å². The van der Waals surface area contributed by atoms with Crippen LogP contribution in [0.2, 0.25) is 0 Å². The molecular formula is H3FNaO3P. The summed E-state index contributed by atoms with van der Waals surface area (Å²) in [5, 5.41) is 0. The van der Waals surface area contributed by atoms with Crippen LogP contribution in [-0.2, 0) is 4.73 Å². The summed E-state index contributed by atoms with van der Waals surface area (Å²) in [6.45, 7) is 0. The Morgan fingerprint density at radius 2 is 1.67 bits per heavy atom. The Labute approximate surface area is 57.3 Å². The Balaban J connectivity index is 0. The summed E-state index contributed by atoms with van der Waals surface area (Å²) in [4.78, 5) is 14.8. The molecule has 0 saturated heterocycles. The Morgan fingerprint density at radius 3 is 1.67 bits per heavy atom. The van der Waals surface area contributed by atoms with Gasteiger partial charge in [-0.2, -0.15) is 0 Å². The van der Waals surface area contributed by atoms with Gasteiger partial charge in [-0.3, -0.25) is 0 Å². The number of rotatable bonds is 1. The molecule has 0 aliphatic heterocycles. The van der Waals surface area contributed by atoms with Crippen LogP contribution in [0.3, 0.4) is 0 Å². The van der Waals surface area contributed by atoms with E-state index >= 15 is 0 Å². The second-order valence-corrected chi connectivity index (χ2v) is 0.965. The second-order valence-electron chi connectivity index (χ2n) is 0.322. The van der Waals surface area contributed by atoms with Crippen LogP contribution in [-0.4, -0.2) is 39.3 Å². The molecule has 0 aliphatic rings. The van der Waals surface area contributed by atoms with Gasteiger partial charge in [-0.15, -0.1) is 4.73 Å². The van der Waals surface area contributed by atoms with Gasteiger partial charge in [0.2, 0.25) is 0 Å². The minimum atomic E-state index is -2.76. The molecule has 34 valence electrons. The molecule has 0 bridgehead atoms. The summed E-state index contributed by atoms with van der Waals surface area (Å²) in [6.07, 6.45) is 0. The standard InChI is InChI=1S/FH2O3P.Na.H/c1-4-5(2)3;;/h2-3H;;. The van der Waals surface area contributed by atoms with E-state index in [0.717, 1.165) is 0 Å². The average molecular weight is 124 g/mol. The van der Waals surface area contributed by atoms with E-state index in [4.69, 9.17) is 9.79 Å². The second kappa shape index (κ2) is 6.24. The summed E-state index contributed by atoms with van der Waals surface area (Å²) < 4.78 is 12.6. The molecule has 6 heteroatoms. The normalized spacial score (nSPS) is 8.00. The van der Waals surface area contributed by atoms with E-state index in [1.807, 2.05) is 0 Å². The van der Waals surface area contributed by atoms with Gasteiger partial charge in [0.05, 0.1) is 0 Å².